The summed E-state index contributed by atoms with van der Waals surface area (Å²) in [5.74, 6) is 0.863. The second-order valence-corrected chi connectivity index (χ2v) is 8.11. The summed E-state index contributed by atoms with van der Waals surface area (Å²) in [6.07, 6.45) is 2.68. The number of anilines is 2. The molecule has 0 bridgehead atoms. The zero-order chi connectivity index (χ0) is 19.0. The van der Waals surface area contributed by atoms with Gasteiger partial charge in [-0.15, -0.1) is 11.3 Å². The number of hydrogen-bond acceptors (Lipinski definition) is 4. The molecule has 0 spiro atoms. The maximum atomic E-state index is 4.57. The highest BCUT2D eigenvalue weighted by Gasteiger charge is 2.17. The highest BCUT2D eigenvalue weighted by molar-refractivity contribution is 7.19. The molecule has 0 aliphatic carbocycles. The van der Waals surface area contributed by atoms with E-state index in [0.717, 1.165) is 28.1 Å². The first-order valence-electron chi connectivity index (χ1n) is 9.24. The van der Waals surface area contributed by atoms with Crippen LogP contribution in [-0.4, -0.2) is 9.97 Å². The second kappa shape index (κ2) is 7.12. The highest BCUT2D eigenvalue weighted by Crippen LogP contribution is 2.41. The van der Waals surface area contributed by atoms with Gasteiger partial charge in [-0.3, -0.25) is 0 Å². The topological polar surface area (TPSA) is 37.8 Å². The van der Waals surface area contributed by atoms with Crippen molar-refractivity contribution in [3.8, 4) is 11.1 Å². The lowest BCUT2D eigenvalue weighted by molar-refractivity contribution is 1.14. The number of nitrogens with zero attached hydrogens (tertiary/aromatic N) is 2. The number of rotatable bonds is 4. The third-order valence-electron chi connectivity index (χ3n) is 5.08. The van der Waals surface area contributed by atoms with Crippen molar-refractivity contribution in [2.45, 2.75) is 34.1 Å². The molecule has 0 atom stereocenters. The minimum atomic E-state index is 0.863. The molecule has 136 valence electrons. The Morgan fingerprint density at radius 1 is 0.926 bits per heavy atom. The van der Waals surface area contributed by atoms with E-state index in [4.69, 9.17) is 0 Å². The number of hydrogen-bond donors (Lipinski definition) is 1. The van der Waals surface area contributed by atoms with Gasteiger partial charge in [0, 0.05) is 16.1 Å². The summed E-state index contributed by atoms with van der Waals surface area (Å²) in [5, 5.41) is 4.60. The van der Waals surface area contributed by atoms with E-state index >= 15 is 0 Å². The van der Waals surface area contributed by atoms with Crippen molar-refractivity contribution in [2.24, 2.45) is 0 Å². The number of aryl methyl sites for hydroxylation is 4. The lowest BCUT2D eigenvalue weighted by Crippen LogP contribution is -1.96. The molecule has 0 unspecified atom stereocenters. The van der Waals surface area contributed by atoms with E-state index in [0.29, 0.717) is 0 Å². The van der Waals surface area contributed by atoms with E-state index in [1.54, 1.807) is 17.7 Å². The first-order chi connectivity index (χ1) is 13.1. The smallest absolute Gasteiger partial charge is 0.143 e. The van der Waals surface area contributed by atoms with Crippen LogP contribution in [0.1, 0.15) is 28.5 Å². The average molecular weight is 374 g/mol. The van der Waals surface area contributed by atoms with Gasteiger partial charge in [0.2, 0.25) is 0 Å². The first-order valence-corrected chi connectivity index (χ1v) is 10.1. The van der Waals surface area contributed by atoms with Gasteiger partial charge in [-0.1, -0.05) is 37.3 Å². The second-order valence-electron chi connectivity index (χ2n) is 6.91. The van der Waals surface area contributed by atoms with Crippen molar-refractivity contribution in [1.82, 2.24) is 9.97 Å². The predicted molar refractivity (Wildman–Crippen MR) is 116 cm³/mol. The molecule has 0 saturated heterocycles. The fraction of sp³-hybridized carbons (Fsp3) is 0.217. The third kappa shape index (κ3) is 3.33. The van der Waals surface area contributed by atoms with Gasteiger partial charge in [-0.05, 0) is 61.6 Å². The van der Waals surface area contributed by atoms with E-state index in [9.17, 15) is 0 Å². The molecule has 0 radical (unpaired) electrons. The molecule has 2 aromatic heterocycles. The molecule has 0 saturated carbocycles. The summed E-state index contributed by atoms with van der Waals surface area (Å²) in [5.41, 5.74) is 7.43. The minimum Gasteiger partial charge on any atom is -0.340 e. The van der Waals surface area contributed by atoms with Crippen molar-refractivity contribution >= 4 is 33.1 Å². The summed E-state index contributed by atoms with van der Waals surface area (Å²) in [6, 6.07) is 15.2. The zero-order valence-electron chi connectivity index (χ0n) is 16.1. The minimum absolute atomic E-state index is 0.863. The van der Waals surface area contributed by atoms with Gasteiger partial charge in [-0.25, -0.2) is 9.97 Å². The number of fused-ring (bicyclic) bond motifs is 1. The van der Waals surface area contributed by atoms with Crippen molar-refractivity contribution in [3.05, 3.63) is 70.4 Å². The fourth-order valence-corrected chi connectivity index (χ4v) is 4.36. The van der Waals surface area contributed by atoms with E-state index in [-0.39, 0.29) is 0 Å². The lowest BCUT2D eigenvalue weighted by Gasteiger charge is -2.10. The Kier molecular flexibility index (Phi) is 4.66. The Hall–Kier alpha value is -2.72. The van der Waals surface area contributed by atoms with Gasteiger partial charge >= 0.3 is 0 Å². The molecule has 3 nitrogen and oxygen atoms in total. The maximum absolute atomic E-state index is 4.57. The van der Waals surface area contributed by atoms with Gasteiger partial charge in [0.25, 0.3) is 0 Å². The molecule has 0 aliphatic rings. The Morgan fingerprint density at radius 3 is 2.41 bits per heavy atom. The summed E-state index contributed by atoms with van der Waals surface area (Å²) in [4.78, 5) is 11.4. The van der Waals surface area contributed by atoms with Gasteiger partial charge in [0.15, 0.2) is 0 Å². The van der Waals surface area contributed by atoms with Crippen LogP contribution in [-0.2, 0) is 6.42 Å². The van der Waals surface area contributed by atoms with Crippen LogP contribution in [0.5, 0.6) is 0 Å². The van der Waals surface area contributed by atoms with Crippen LogP contribution in [0.3, 0.4) is 0 Å². The largest absolute Gasteiger partial charge is 0.340 e. The van der Waals surface area contributed by atoms with Crippen molar-refractivity contribution in [1.29, 1.82) is 0 Å². The molecule has 2 aromatic carbocycles. The van der Waals surface area contributed by atoms with Gasteiger partial charge in [0.1, 0.15) is 17.0 Å². The lowest BCUT2D eigenvalue weighted by atomic mass is 9.99. The molecule has 0 aliphatic heterocycles. The quantitative estimate of drug-likeness (QED) is 0.438. The van der Waals surface area contributed by atoms with E-state index in [2.05, 4.69) is 85.4 Å². The molecule has 2 heterocycles. The summed E-state index contributed by atoms with van der Waals surface area (Å²) in [7, 11) is 0. The summed E-state index contributed by atoms with van der Waals surface area (Å²) in [6.45, 7) is 8.64. The Balaban J connectivity index is 1.85. The molecule has 4 aromatic rings. The van der Waals surface area contributed by atoms with Crippen LogP contribution in [0, 0.1) is 20.8 Å². The summed E-state index contributed by atoms with van der Waals surface area (Å²) < 4.78 is 0. The number of nitrogens with one attached hydrogen (secondary N) is 1. The maximum Gasteiger partial charge on any atom is 0.143 e. The SMILES string of the molecule is CCc1ccc(Nc2ncnc3sc(C)c(-c4ccc(C)c(C)c4)c23)cc1. The third-order valence-corrected chi connectivity index (χ3v) is 6.10. The van der Waals surface area contributed by atoms with Crippen molar-refractivity contribution < 1.29 is 0 Å². The number of benzene rings is 2. The summed E-state index contributed by atoms with van der Waals surface area (Å²) >= 11 is 1.72. The van der Waals surface area contributed by atoms with Crippen LogP contribution in [0.4, 0.5) is 11.5 Å². The molecular weight excluding hydrogens is 350 g/mol. The first kappa shape index (κ1) is 17.7. The molecule has 4 heteroatoms. The fourth-order valence-electron chi connectivity index (χ4n) is 3.34. The van der Waals surface area contributed by atoms with Crippen LogP contribution >= 0.6 is 11.3 Å². The normalized spacial score (nSPS) is 11.1. The zero-order valence-corrected chi connectivity index (χ0v) is 16.9. The standard InChI is InChI=1S/C23H23N3S/c1-5-17-7-10-19(11-8-17)26-22-21-20(16(4)27-23(21)25-13-24-22)18-9-6-14(2)15(3)12-18/h6-13H,5H2,1-4H3,(H,24,25,26). The van der Waals surface area contributed by atoms with E-state index < -0.39 is 0 Å². The molecule has 4 rings (SSSR count). The van der Waals surface area contributed by atoms with Crippen molar-refractivity contribution in [3.63, 3.8) is 0 Å². The monoisotopic (exact) mass is 373 g/mol. The molecular formula is C23H23N3S. The van der Waals surface area contributed by atoms with Crippen LogP contribution in [0.2, 0.25) is 0 Å². The molecule has 27 heavy (non-hydrogen) atoms. The van der Waals surface area contributed by atoms with Crippen LogP contribution < -0.4 is 5.32 Å². The molecule has 1 N–H and O–H groups in total. The number of thiophene rings is 1. The van der Waals surface area contributed by atoms with Gasteiger partial charge in [-0.2, -0.15) is 0 Å². The average Bonchev–Trinajstić information content (AvgIpc) is 3.01. The number of aromatic nitrogens is 2. The van der Waals surface area contributed by atoms with Crippen LogP contribution in [0.25, 0.3) is 21.3 Å². The van der Waals surface area contributed by atoms with E-state index in [1.807, 2.05) is 0 Å². The van der Waals surface area contributed by atoms with Crippen molar-refractivity contribution in [2.75, 3.05) is 5.32 Å². The Labute approximate surface area is 164 Å². The molecule has 0 amide bonds. The van der Waals surface area contributed by atoms with Crippen LogP contribution in [0.15, 0.2) is 48.8 Å². The van der Waals surface area contributed by atoms with Gasteiger partial charge in [0.05, 0.1) is 5.39 Å². The highest BCUT2D eigenvalue weighted by atomic mass is 32.1. The predicted octanol–water partition coefficient (Wildman–Crippen LogP) is 6.59. The Morgan fingerprint density at radius 2 is 1.70 bits per heavy atom. The Bertz CT molecular complexity index is 1110. The van der Waals surface area contributed by atoms with E-state index in [1.165, 1.54) is 32.7 Å². The van der Waals surface area contributed by atoms with Gasteiger partial charge < -0.3 is 5.32 Å². The molecule has 0 fully saturated rings.